The van der Waals surface area contributed by atoms with Gasteiger partial charge in [0.15, 0.2) is 0 Å². The fraction of sp³-hybridized carbons (Fsp3) is 0.853. The van der Waals surface area contributed by atoms with Gasteiger partial charge in [0.1, 0.15) is 17.6 Å². The van der Waals surface area contributed by atoms with Gasteiger partial charge in [0.25, 0.3) is 0 Å². The molecule has 0 spiro atoms. The minimum atomic E-state index is -1.07. The molecule has 5 aliphatic rings. The number of carboxylic acid groups (broad SMARTS) is 1. The van der Waals surface area contributed by atoms with Crippen LogP contribution in [0.15, 0.2) is 11.6 Å². The summed E-state index contributed by atoms with van der Waals surface area (Å²) in [6, 6.07) is 0. The van der Waals surface area contributed by atoms with Crippen LogP contribution in [0.4, 0.5) is 0 Å². The van der Waals surface area contributed by atoms with Gasteiger partial charge in [0, 0.05) is 25.2 Å². The third kappa shape index (κ3) is 3.89. The Morgan fingerprint density at radius 3 is 2.02 bits per heavy atom. The molecule has 224 valence electrons. The third-order valence-corrected chi connectivity index (χ3v) is 13.6. The molecule has 6 nitrogen and oxygen atoms in total. The number of aliphatic carboxylic acids is 1. The minimum absolute atomic E-state index is 0.0376. The molecule has 4 saturated carbocycles. The molecule has 0 saturated heterocycles. The van der Waals surface area contributed by atoms with E-state index in [1.807, 2.05) is 0 Å². The molecule has 1 N–H and O–H groups in total. The highest BCUT2D eigenvalue weighted by atomic mass is 16.5. The van der Waals surface area contributed by atoms with Gasteiger partial charge in [0.2, 0.25) is 0 Å². The predicted octanol–water partition coefficient (Wildman–Crippen LogP) is 7.35. The standard InChI is InChI=1S/C34H52O6/c1-20(35)39-26-13-14-31(7)24(30(26,5)6)12-15-33(9)25(31)11-10-22-23-18-29(3,4)19-27(40-21(2)36)34(23,28(37)38)17-16-32(22,33)8/h10,23-27H,11-19H2,1-9H3,(H,37,38)/t23-,24-,25+,26-,27+,31-,32+,33+,34-/m0/s1. The smallest absolute Gasteiger partial charge is 0.314 e. The lowest BCUT2D eigenvalue weighted by atomic mass is 9.33. The normalized spacial score (nSPS) is 46.8. The topological polar surface area (TPSA) is 89.9 Å². The molecular weight excluding hydrogens is 504 g/mol. The Bertz CT molecular complexity index is 1140. The predicted molar refractivity (Wildman–Crippen MR) is 153 cm³/mol. The summed E-state index contributed by atoms with van der Waals surface area (Å²) in [4.78, 5) is 37.3. The van der Waals surface area contributed by atoms with E-state index in [9.17, 15) is 19.5 Å². The maximum Gasteiger partial charge on any atom is 0.314 e. The van der Waals surface area contributed by atoms with E-state index in [2.05, 4.69) is 54.5 Å². The Kier molecular flexibility index (Phi) is 6.72. The van der Waals surface area contributed by atoms with Gasteiger partial charge >= 0.3 is 17.9 Å². The number of esters is 2. The number of allylic oxidation sites excluding steroid dienone is 2. The van der Waals surface area contributed by atoms with Crippen LogP contribution in [-0.4, -0.2) is 35.2 Å². The van der Waals surface area contributed by atoms with E-state index >= 15 is 0 Å². The van der Waals surface area contributed by atoms with Crippen LogP contribution in [0, 0.1) is 50.2 Å². The molecule has 0 aliphatic heterocycles. The maximum absolute atomic E-state index is 13.2. The van der Waals surface area contributed by atoms with E-state index in [0.717, 1.165) is 44.9 Å². The highest BCUT2D eigenvalue weighted by Crippen LogP contribution is 2.76. The summed E-state index contributed by atoms with van der Waals surface area (Å²) in [5, 5.41) is 10.8. The summed E-state index contributed by atoms with van der Waals surface area (Å²) >= 11 is 0. The number of carbonyl (C=O) groups excluding carboxylic acids is 2. The van der Waals surface area contributed by atoms with Gasteiger partial charge in [-0.15, -0.1) is 0 Å². The highest BCUT2D eigenvalue weighted by Gasteiger charge is 2.71. The van der Waals surface area contributed by atoms with Gasteiger partial charge in [0.05, 0.1) is 0 Å². The van der Waals surface area contributed by atoms with Gasteiger partial charge in [-0.3, -0.25) is 14.4 Å². The molecule has 0 radical (unpaired) electrons. The zero-order valence-corrected chi connectivity index (χ0v) is 26.3. The molecule has 0 aromatic heterocycles. The Morgan fingerprint density at radius 1 is 0.800 bits per heavy atom. The number of hydrogen-bond acceptors (Lipinski definition) is 5. The van der Waals surface area contributed by atoms with Crippen LogP contribution < -0.4 is 0 Å². The molecule has 5 rings (SSSR count). The molecule has 40 heavy (non-hydrogen) atoms. The molecule has 9 atom stereocenters. The summed E-state index contributed by atoms with van der Waals surface area (Å²) < 4.78 is 11.7. The first-order valence-corrected chi connectivity index (χ1v) is 15.6. The lowest BCUT2D eigenvalue weighted by Crippen LogP contribution is -2.67. The summed E-state index contributed by atoms with van der Waals surface area (Å²) in [5.41, 5.74) is 0.0741. The van der Waals surface area contributed by atoms with Crippen LogP contribution >= 0.6 is 0 Å². The van der Waals surface area contributed by atoms with Crippen molar-refractivity contribution >= 4 is 17.9 Å². The van der Waals surface area contributed by atoms with E-state index in [1.165, 1.54) is 19.4 Å². The zero-order chi connectivity index (χ0) is 29.7. The van der Waals surface area contributed by atoms with Gasteiger partial charge in [-0.05, 0) is 91.3 Å². The summed E-state index contributed by atoms with van der Waals surface area (Å²) in [6.45, 7) is 19.4. The van der Waals surface area contributed by atoms with Crippen molar-refractivity contribution < 1.29 is 29.0 Å². The van der Waals surface area contributed by atoms with Gasteiger partial charge in [-0.1, -0.05) is 60.1 Å². The minimum Gasteiger partial charge on any atom is -0.481 e. The largest absolute Gasteiger partial charge is 0.481 e. The Morgan fingerprint density at radius 2 is 1.43 bits per heavy atom. The lowest BCUT2D eigenvalue weighted by Gasteiger charge is -2.71. The molecule has 0 amide bonds. The second kappa shape index (κ2) is 9.07. The van der Waals surface area contributed by atoms with E-state index in [0.29, 0.717) is 24.7 Å². The van der Waals surface area contributed by atoms with Gasteiger partial charge < -0.3 is 14.6 Å². The lowest BCUT2D eigenvalue weighted by molar-refractivity contribution is -0.220. The van der Waals surface area contributed by atoms with Gasteiger partial charge in [-0.2, -0.15) is 0 Å². The van der Waals surface area contributed by atoms with Crippen molar-refractivity contribution in [3.05, 3.63) is 11.6 Å². The van der Waals surface area contributed by atoms with E-state index in [-0.39, 0.29) is 45.1 Å². The zero-order valence-electron chi connectivity index (χ0n) is 26.3. The molecule has 6 heteroatoms. The molecular formula is C34H52O6. The number of ether oxygens (including phenoxy) is 2. The Hall–Kier alpha value is -1.85. The third-order valence-electron chi connectivity index (χ3n) is 13.6. The Balaban J connectivity index is 1.58. The summed E-state index contributed by atoms with van der Waals surface area (Å²) in [7, 11) is 0. The number of carboxylic acids is 1. The van der Waals surface area contributed by atoms with Crippen LogP contribution in [0.25, 0.3) is 0 Å². The van der Waals surface area contributed by atoms with E-state index in [1.54, 1.807) is 0 Å². The highest BCUT2D eigenvalue weighted by molar-refractivity contribution is 5.78. The Labute approximate surface area is 241 Å². The molecule has 0 bridgehead atoms. The van der Waals surface area contributed by atoms with Crippen LogP contribution in [0.3, 0.4) is 0 Å². The summed E-state index contributed by atoms with van der Waals surface area (Å²) in [5.74, 6) is -0.599. The van der Waals surface area contributed by atoms with Gasteiger partial charge in [-0.25, -0.2) is 0 Å². The number of fused-ring (bicyclic) bond motifs is 7. The SMILES string of the molecule is CC(=O)O[C@H]1CC[C@]2(C)[C@H]3CC=C4[C@@H]5CC(C)(C)C[C@@H](OC(C)=O)[C@]5(C(=O)O)CC[C@@]4(C)[C@]3(C)CC[C@H]2C1(C)C. The van der Waals surface area contributed by atoms with Crippen LogP contribution in [0.5, 0.6) is 0 Å². The molecule has 4 fully saturated rings. The molecule has 0 aromatic carbocycles. The van der Waals surface area contributed by atoms with Crippen LogP contribution in [0.2, 0.25) is 0 Å². The van der Waals surface area contributed by atoms with Crippen molar-refractivity contribution in [1.82, 2.24) is 0 Å². The van der Waals surface area contributed by atoms with Crippen molar-refractivity contribution in [1.29, 1.82) is 0 Å². The fourth-order valence-corrected chi connectivity index (χ4v) is 11.5. The van der Waals surface area contributed by atoms with Crippen molar-refractivity contribution in [2.45, 2.75) is 132 Å². The van der Waals surface area contributed by atoms with E-state index in [4.69, 9.17) is 9.47 Å². The molecule has 0 unspecified atom stereocenters. The number of carbonyl (C=O) groups is 3. The monoisotopic (exact) mass is 556 g/mol. The molecule has 0 aromatic rings. The van der Waals surface area contributed by atoms with Crippen molar-refractivity contribution in [2.75, 3.05) is 0 Å². The van der Waals surface area contributed by atoms with Crippen molar-refractivity contribution in [2.24, 2.45) is 50.2 Å². The van der Waals surface area contributed by atoms with Crippen LogP contribution in [0.1, 0.15) is 120 Å². The fourth-order valence-electron chi connectivity index (χ4n) is 11.5. The van der Waals surface area contributed by atoms with E-state index < -0.39 is 23.5 Å². The average Bonchev–Trinajstić information content (AvgIpc) is 2.80. The first-order valence-electron chi connectivity index (χ1n) is 15.6. The maximum atomic E-state index is 13.2. The summed E-state index contributed by atoms with van der Waals surface area (Å²) in [6.07, 6.45) is 9.57. The molecule has 5 aliphatic carbocycles. The second-order valence-corrected chi connectivity index (χ2v) is 16.3. The number of hydrogen-bond donors (Lipinski definition) is 1. The van der Waals surface area contributed by atoms with Crippen molar-refractivity contribution in [3.63, 3.8) is 0 Å². The average molecular weight is 557 g/mol. The first-order chi connectivity index (χ1) is 18.3. The number of rotatable bonds is 3. The quantitative estimate of drug-likeness (QED) is 0.289. The first kappa shape index (κ1) is 29.6. The second-order valence-electron chi connectivity index (χ2n) is 16.3. The molecule has 0 heterocycles. The van der Waals surface area contributed by atoms with Crippen LogP contribution in [-0.2, 0) is 23.9 Å². The van der Waals surface area contributed by atoms with Crippen molar-refractivity contribution in [3.8, 4) is 0 Å².